The maximum atomic E-state index is 10.8. The molecule has 0 unspecified atom stereocenters. The Bertz CT molecular complexity index is 478. The van der Waals surface area contributed by atoms with Crippen LogP contribution in [0.1, 0.15) is 31.2 Å². The summed E-state index contributed by atoms with van der Waals surface area (Å²) in [4.78, 5) is 10.8. The molecule has 0 aromatic carbocycles. The predicted molar refractivity (Wildman–Crippen MR) is 69.3 cm³/mol. The first kappa shape index (κ1) is 13.5. The molecule has 0 spiro atoms. The quantitative estimate of drug-likeness (QED) is 0.883. The molecule has 0 atom stereocenters. The van der Waals surface area contributed by atoms with Crippen molar-refractivity contribution in [1.29, 1.82) is 0 Å². The SMILES string of the molecule is CCc1nn(C)c(CC2(O)CC(C(=O)O)C2)c1Br. The molecule has 0 radical (unpaired) electrons. The number of aryl methyl sites for hydroxylation is 2. The maximum Gasteiger partial charge on any atom is 0.306 e. The molecule has 18 heavy (non-hydrogen) atoms. The Hall–Kier alpha value is -0.880. The first-order chi connectivity index (χ1) is 8.36. The third-order valence-electron chi connectivity index (χ3n) is 3.60. The van der Waals surface area contributed by atoms with Gasteiger partial charge in [0.2, 0.25) is 0 Å². The minimum atomic E-state index is -0.898. The van der Waals surface area contributed by atoms with Crippen LogP contribution in [0.15, 0.2) is 4.47 Å². The van der Waals surface area contributed by atoms with Gasteiger partial charge in [-0.1, -0.05) is 6.92 Å². The largest absolute Gasteiger partial charge is 0.481 e. The van der Waals surface area contributed by atoms with Crippen LogP contribution in [0.2, 0.25) is 0 Å². The molecule has 1 aromatic heterocycles. The Kier molecular flexibility index (Phi) is 3.51. The van der Waals surface area contributed by atoms with Gasteiger partial charge in [0.15, 0.2) is 0 Å². The average molecular weight is 317 g/mol. The fourth-order valence-corrected chi connectivity index (χ4v) is 3.26. The second-order valence-corrected chi connectivity index (χ2v) is 5.82. The van der Waals surface area contributed by atoms with Gasteiger partial charge in [0.05, 0.1) is 27.4 Å². The highest BCUT2D eigenvalue weighted by Gasteiger charge is 2.47. The fourth-order valence-electron chi connectivity index (χ4n) is 2.50. The molecule has 1 aromatic rings. The van der Waals surface area contributed by atoms with Crippen LogP contribution < -0.4 is 0 Å². The van der Waals surface area contributed by atoms with Crippen molar-refractivity contribution in [3.8, 4) is 0 Å². The van der Waals surface area contributed by atoms with Crippen molar-refractivity contribution in [2.75, 3.05) is 0 Å². The van der Waals surface area contributed by atoms with Gasteiger partial charge < -0.3 is 10.2 Å². The standard InChI is InChI=1S/C12H17BrN2O3/c1-3-8-10(13)9(15(2)14-8)6-12(18)4-7(5-12)11(16)17/h7,18H,3-6H2,1-2H3,(H,16,17). The van der Waals surface area contributed by atoms with E-state index >= 15 is 0 Å². The lowest BCUT2D eigenvalue weighted by Crippen LogP contribution is -2.48. The summed E-state index contributed by atoms with van der Waals surface area (Å²) < 4.78 is 2.69. The number of rotatable bonds is 4. The number of hydrogen-bond donors (Lipinski definition) is 2. The maximum absolute atomic E-state index is 10.8. The van der Waals surface area contributed by atoms with E-state index in [0.29, 0.717) is 19.3 Å². The number of aliphatic hydroxyl groups is 1. The normalized spacial score (nSPS) is 27.0. The monoisotopic (exact) mass is 316 g/mol. The molecule has 1 fully saturated rings. The summed E-state index contributed by atoms with van der Waals surface area (Å²) in [7, 11) is 1.84. The van der Waals surface area contributed by atoms with Gasteiger partial charge >= 0.3 is 5.97 Å². The molecular weight excluding hydrogens is 300 g/mol. The van der Waals surface area contributed by atoms with Gasteiger partial charge in [0.25, 0.3) is 0 Å². The summed E-state index contributed by atoms with van der Waals surface area (Å²) in [6, 6.07) is 0. The van der Waals surface area contributed by atoms with Crippen LogP contribution in [0.4, 0.5) is 0 Å². The van der Waals surface area contributed by atoms with Crippen molar-refractivity contribution >= 4 is 21.9 Å². The first-order valence-electron chi connectivity index (χ1n) is 6.01. The number of aliphatic carboxylic acids is 1. The van der Waals surface area contributed by atoms with E-state index in [-0.39, 0.29) is 0 Å². The van der Waals surface area contributed by atoms with Crippen LogP contribution in [0.5, 0.6) is 0 Å². The summed E-state index contributed by atoms with van der Waals surface area (Å²) in [5.74, 6) is -1.23. The van der Waals surface area contributed by atoms with E-state index in [0.717, 1.165) is 22.3 Å². The van der Waals surface area contributed by atoms with Crippen LogP contribution in [0, 0.1) is 5.92 Å². The van der Waals surface area contributed by atoms with Crippen molar-refractivity contribution in [3.05, 3.63) is 15.9 Å². The second-order valence-electron chi connectivity index (χ2n) is 5.03. The molecule has 2 N–H and O–H groups in total. The molecule has 1 aliphatic carbocycles. The van der Waals surface area contributed by atoms with Gasteiger partial charge in [-0.3, -0.25) is 9.48 Å². The van der Waals surface area contributed by atoms with Gasteiger partial charge in [0, 0.05) is 13.5 Å². The van der Waals surface area contributed by atoms with E-state index in [9.17, 15) is 9.90 Å². The number of carbonyl (C=O) groups is 1. The third kappa shape index (κ3) is 2.31. The lowest BCUT2D eigenvalue weighted by molar-refractivity contribution is -0.158. The number of halogens is 1. The highest BCUT2D eigenvalue weighted by molar-refractivity contribution is 9.10. The molecule has 2 rings (SSSR count). The average Bonchev–Trinajstić information content (AvgIpc) is 2.52. The molecule has 5 nitrogen and oxygen atoms in total. The molecule has 0 saturated heterocycles. The molecule has 1 saturated carbocycles. The van der Waals surface area contributed by atoms with E-state index in [1.54, 1.807) is 4.68 Å². The molecule has 0 bridgehead atoms. The summed E-state index contributed by atoms with van der Waals surface area (Å²) in [6.07, 6.45) is 1.91. The second kappa shape index (κ2) is 4.66. The number of aromatic nitrogens is 2. The molecule has 6 heteroatoms. The summed E-state index contributed by atoms with van der Waals surface area (Å²) in [5.41, 5.74) is 0.994. The molecule has 1 heterocycles. The van der Waals surface area contributed by atoms with Crippen LogP contribution in [0.3, 0.4) is 0 Å². The van der Waals surface area contributed by atoms with Gasteiger partial charge in [-0.2, -0.15) is 5.10 Å². The molecule has 100 valence electrons. The minimum Gasteiger partial charge on any atom is -0.481 e. The van der Waals surface area contributed by atoms with Crippen LogP contribution in [-0.4, -0.2) is 31.6 Å². The molecule has 1 aliphatic rings. The van der Waals surface area contributed by atoms with E-state index in [1.807, 2.05) is 14.0 Å². The van der Waals surface area contributed by atoms with E-state index < -0.39 is 17.5 Å². The van der Waals surface area contributed by atoms with Crippen molar-refractivity contribution in [3.63, 3.8) is 0 Å². The van der Waals surface area contributed by atoms with Gasteiger partial charge in [-0.25, -0.2) is 0 Å². The molecule has 0 aliphatic heterocycles. The van der Waals surface area contributed by atoms with Gasteiger partial charge in [0.1, 0.15) is 0 Å². The van der Waals surface area contributed by atoms with Crippen LogP contribution in [0.25, 0.3) is 0 Å². The fraction of sp³-hybridized carbons (Fsp3) is 0.667. The lowest BCUT2D eigenvalue weighted by Gasteiger charge is -2.41. The summed E-state index contributed by atoms with van der Waals surface area (Å²) >= 11 is 3.50. The zero-order valence-corrected chi connectivity index (χ0v) is 12.1. The van der Waals surface area contributed by atoms with Crippen molar-refractivity contribution in [2.45, 2.75) is 38.2 Å². The first-order valence-corrected chi connectivity index (χ1v) is 6.81. The minimum absolute atomic E-state index is 0.321. The number of hydrogen-bond acceptors (Lipinski definition) is 3. The topological polar surface area (TPSA) is 75.3 Å². The highest BCUT2D eigenvalue weighted by atomic mass is 79.9. The Balaban J connectivity index is 2.11. The lowest BCUT2D eigenvalue weighted by atomic mass is 9.69. The number of carboxylic acid groups (broad SMARTS) is 1. The molecular formula is C12H17BrN2O3. The third-order valence-corrected chi connectivity index (χ3v) is 4.52. The van der Waals surface area contributed by atoms with Crippen molar-refractivity contribution < 1.29 is 15.0 Å². The molecule has 0 amide bonds. The zero-order valence-electron chi connectivity index (χ0n) is 10.5. The predicted octanol–water partition coefficient (Wildman–Crippen LogP) is 1.51. The van der Waals surface area contributed by atoms with Crippen LogP contribution >= 0.6 is 15.9 Å². The summed E-state index contributed by atoms with van der Waals surface area (Å²) in [6.45, 7) is 2.02. The Labute approximate surface area is 114 Å². The smallest absolute Gasteiger partial charge is 0.306 e. The van der Waals surface area contributed by atoms with Gasteiger partial charge in [-0.05, 0) is 35.2 Å². The van der Waals surface area contributed by atoms with E-state index in [4.69, 9.17) is 5.11 Å². The Morgan fingerprint density at radius 1 is 1.61 bits per heavy atom. The van der Waals surface area contributed by atoms with Gasteiger partial charge in [-0.15, -0.1) is 0 Å². The van der Waals surface area contributed by atoms with Crippen molar-refractivity contribution in [1.82, 2.24) is 9.78 Å². The Morgan fingerprint density at radius 2 is 2.22 bits per heavy atom. The summed E-state index contributed by atoms with van der Waals surface area (Å²) in [5, 5.41) is 23.5. The van der Waals surface area contributed by atoms with Crippen molar-refractivity contribution in [2.24, 2.45) is 13.0 Å². The highest BCUT2D eigenvalue weighted by Crippen LogP contribution is 2.41. The van der Waals surface area contributed by atoms with E-state index in [1.165, 1.54) is 0 Å². The number of nitrogens with zero attached hydrogens (tertiary/aromatic N) is 2. The number of carboxylic acids is 1. The Morgan fingerprint density at radius 3 is 2.67 bits per heavy atom. The van der Waals surface area contributed by atoms with Crippen LogP contribution in [-0.2, 0) is 24.7 Å². The van der Waals surface area contributed by atoms with E-state index in [2.05, 4.69) is 21.0 Å². The zero-order chi connectivity index (χ0) is 13.5.